The highest BCUT2D eigenvalue weighted by atomic mass is 32.2. The molecule has 1 amide bonds. The number of nitrogens with one attached hydrogen (secondary N) is 2. The van der Waals surface area contributed by atoms with Crippen molar-refractivity contribution in [3.05, 3.63) is 33.6 Å². The molecule has 2 N–H and O–H groups in total. The fourth-order valence-corrected chi connectivity index (χ4v) is 3.42. The summed E-state index contributed by atoms with van der Waals surface area (Å²) >= 11 is 1.29. The van der Waals surface area contributed by atoms with Gasteiger partial charge in [0.1, 0.15) is 11.6 Å². The predicted octanol–water partition coefficient (Wildman–Crippen LogP) is 1.99. The highest BCUT2D eigenvalue weighted by Gasteiger charge is 2.33. The lowest BCUT2D eigenvalue weighted by Crippen LogP contribution is -2.31. The molecule has 1 atom stereocenters. The lowest BCUT2D eigenvalue weighted by molar-refractivity contribution is -0.116. The number of amides is 1. The number of hydrogen-bond acceptors (Lipinski definition) is 7. The average molecular weight is 377 g/mol. The number of methoxy groups -OCH3 is 3. The number of rotatable bonds is 5. The van der Waals surface area contributed by atoms with E-state index >= 15 is 0 Å². The Morgan fingerprint density at radius 1 is 1.08 bits per heavy atom. The van der Waals surface area contributed by atoms with Gasteiger partial charge in [-0.25, -0.2) is 4.98 Å². The molecule has 26 heavy (non-hydrogen) atoms. The molecule has 0 fully saturated rings. The number of aromatic nitrogens is 2. The topological polar surface area (TPSA) is 103 Å². The maximum Gasteiger partial charge on any atom is 0.257 e. The van der Waals surface area contributed by atoms with Crippen LogP contribution in [0.5, 0.6) is 17.2 Å². The zero-order valence-electron chi connectivity index (χ0n) is 14.8. The maximum absolute atomic E-state index is 12.7. The molecular weight excluding hydrogens is 358 g/mol. The van der Waals surface area contributed by atoms with Crippen LogP contribution in [0.3, 0.4) is 0 Å². The van der Waals surface area contributed by atoms with Crippen LogP contribution in [0.2, 0.25) is 0 Å². The molecule has 138 valence electrons. The number of ether oxygens (including phenoxy) is 3. The number of thioether (sulfide) groups is 1. The van der Waals surface area contributed by atoms with Crippen LogP contribution < -0.4 is 25.1 Å². The highest BCUT2D eigenvalue weighted by Crippen LogP contribution is 2.43. The van der Waals surface area contributed by atoms with E-state index in [-0.39, 0.29) is 23.7 Å². The molecule has 1 aliphatic rings. The maximum atomic E-state index is 12.7. The Bertz CT molecular complexity index is 912. The molecule has 8 nitrogen and oxygen atoms in total. The van der Waals surface area contributed by atoms with Crippen LogP contribution in [0.15, 0.2) is 22.1 Å². The Hall–Kier alpha value is -2.68. The van der Waals surface area contributed by atoms with Crippen LogP contribution in [0.1, 0.15) is 23.5 Å². The molecule has 0 bridgehead atoms. The summed E-state index contributed by atoms with van der Waals surface area (Å²) in [6, 6.07) is 3.41. The standard InChI is InChI=1S/C17H19N3O5S/c1-23-10-7-12(25-3)11(24-2)5-8(10)9-6-13(21)18-15-14(9)16(22)20-17(19-15)26-4/h5,7,9H,6H2,1-4H3,(H2,18,19,20,21,22). The van der Waals surface area contributed by atoms with Gasteiger partial charge in [0, 0.05) is 24.0 Å². The van der Waals surface area contributed by atoms with Gasteiger partial charge in [-0.3, -0.25) is 9.59 Å². The Morgan fingerprint density at radius 3 is 2.35 bits per heavy atom. The van der Waals surface area contributed by atoms with Gasteiger partial charge >= 0.3 is 0 Å². The summed E-state index contributed by atoms with van der Waals surface area (Å²) in [5, 5.41) is 3.12. The number of aromatic amines is 1. The van der Waals surface area contributed by atoms with E-state index in [4.69, 9.17) is 14.2 Å². The van der Waals surface area contributed by atoms with Gasteiger partial charge in [0.25, 0.3) is 5.56 Å². The van der Waals surface area contributed by atoms with E-state index < -0.39 is 5.92 Å². The molecule has 2 aromatic rings. The number of anilines is 1. The number of hydrogen-bond donors (Lipinski definition) is 2. The summed E-state index contributed by atoms with van der Waals surface area (Å²) in [4.78, 5) is 32.0. The number of carbonyl (C=O) groups excluding carboxylic acids is 1. The van der Waals surface area contributed by atoms with Crippen LogP contribution in [0, 0.1) is 0 Å². The molecule has 0 saturated heterocycles. The van der Waals surface area contributed by atoms with E-state index in [1.807, 2.05) is 0 Å². The predicted molar refractivity (Wildman–Crippen MR) is 97.8 cm³/mol. The Kier molecular flexibility index (Phi) is 5.08. The van der Waals surface area contributed by atoms with Gasteiger partial charge in [-0.15, -0.1) is 0 Å². The SMILES string of the molecule is COc1cc(OC)c(C2CC(=O)Nc3nc(SC)[nH]c(=O)c32)cc1OC. The molecule has 0 aliphatic carbocycles. The first-order valence-electron chi connectivity index (χ1n) is 7.80. The number of benzene rings is 1. The van der Waals surface area contributed by atoms with Crippen LogP contribution in [-0.2, 0) is 4.79 Å². The summed E-state index contributed by atoms with van der Waals surface area (Å²) in [6.07, 6.45) is 1.90. The molecule has 1 aliphatic heterocycles. The third kappa shape index (κ3) is 3.10. The summed E-state index contributed by atoms with van der Waals surface area (Å²) in [5.74, 6) is 1.03. The van der Waals surface area contributed by atoms with Crippen molar-refractivity contribution in [1.29, 1.82) is 0 Å². The zero-order valence-corrected chi connectivity index (χ0v) is 15.7. The van der Waals surface area contributed by atoms with Crippen LogP contribution >= 0.6 is 11.8 Å². The van der Waals surface area contributed by atoms with E-state index in [0.717, 1.165) is 0 Å². The zero-order chi connectivity index (χ0) is 18.8. The number of fused-ring (bicyclic) bond motifs is 1. The van der Waals surface area contributed by atoms with Gasteiger partial charge in [-0.1, -0.05) is 11.8 Å². The van der Waals surface area contributed by atoms with Crippen molar-refractivity contribution in [3.8, 4) is 17.2 Å². The van der Waals surface area contributed by atoms with Crippen LogP contribution in [0.25, 0.3) is 0 Å². The molecule has 0 saturated carbocycles. The minimum Gasteiger partial charge on any atom is -0.496 e. The first-order chi connectivity index (χ1) is 12.5. The van der Waals surface area contributed by atoms with Gasteiger partial charge in [-0.05, 0) is 12.3 Å². The summed E-state index contributed by atoms with van der Waals surface area (Å²) < 4.78 is 16.1. The van der Waals surface area contributed by atoms with Gasteiger partial charge in [0.05, 0.1) is 26.9 Å². The lowest BCUT2D eigenvalue weighted by Gasteiger charge is -2.26. The summed E-state index contributed by atoms with van der Waals surface area (Å²) in [5.41, 5.74) is 0.763. The van der Waals surface area contributed by atoms with Gasteiger partial charge in [0.2, 0.25) is 5.91 Å². The van der Waals surface area contributed by atoms with Gasteiger partial charge in [0.15, 0.2) is 16.7 Å². The molecule has 9 heteroatoms. The van der Waals surface area contributed by atoms with Crippen molar-refractivity contribution >= 4 is 23.5 Å². The van der Waals surface area contributed by atoms with E-state index in [1.54, 1.807) is 18.4 Å². The minimum absolute atomic E-state index is 0.0994. The molecule has 0 spiro atoms. The molecule has 2 heterocycles. The van der Waals surface area contributed by atoms with Crippen molar-refractivity contribution in [1.82, 2.24) is 9.97 Å². The smallest absolute Gasteiger partial charge is 0.257 e. The van der Waals surface area contributed by atoms with E-state index in [2.05, 4.69) is 15.3 Å². The molecular formula is C17H19N3O5S. The summed E-state index contributed by atoms with van der Waals surface area (Å²) in [6.45, 7) is 0. The first-order valence-corrected chi connectivity index (χ1v) is 9.02. The molecule has 3 rings (SSSR count). The molecule has 1 aromatic carbocycles. The third-order valence-corrected chi connectivity index (χ3v) is 4.81. The normalized spacial score (nSPS) is 15.8. The second-order valence-electron chi connectivity index (χ2n) is 5.59. The monoisotopic (exact) mass is 377 g/mol. The Morgan fingerprint density at radius 2 is 1.73 bits per heavy atom. The second-order valence-corrected chi connectivity index (χ2v) is 6.39. The average Bonchev–Trinajstić information content (AvgIpc) is 2.65. The highest BCUT2D eigenvalue weighted by molar-refractivity contribution is 7.98. The minimum atomic E-state index is -0.513. The van der Waals surface area contributed by atoms with Gasteiger partial charge in [-0.2, -0.15) is 0 Å². The van der Waals surface area contributed by atoms with Crippen molar-refractivity contribution < 1.29 is 19.0 Å². The van der Waals surface area contributed by atoms with Gasteiger partial charge < -0.3 is 24.5 Å². The van der Waals surface area contributed by atoms with Crippen molar-refractivity contribution in [3.63, 3.8) is 0 Å². The second kappa shape index (κ2) is 7.28. The molecule has 0 radical (unpaired) electrons. The lowest BCUT2D eigenvalue weighted by atomic mass is 9.86. The van der Waals surface area contributed by atoms with Crippen molar-refractivity contribution in [2.75, 3.05) is 32.9 Å². The van der Waals surface area contributed by atoms with Crippen molar-refractivity contribution in [2.45, 2.75) is 17.5 Å². The number of nitrogens with zero attached hydrogens (tertiary/aromatic N) is 1. The number of carbonyl (C=O) groups is 1. The molecule has 1 aromatic heterocycles. The van der Waals surface area contributed by atoms with Crippen LogP contribution in [0.4, 0.5) is 5.82 Å². The summed E-state index contributed by atoms with van der Waals surface area (Å²) in [7, 11) is 4.57. The Balaban J connectivity index is 2.23. The van der Waals surface area contributed by atoms with E-state index in [0.29, 0.717) is 33.5 Å². The van der Waals surface area contributed by atoms with Crippen LogP contribution in [-0.4, -0.2) is 43.5 Å². The van der Waals surface area contributed by atoms with E-state index in [9.17, 15) is 9.59 Å². The number of H-pyrrole nitrogens is 1. The quantitative estimate of drug-likeness (QED) is 0.607. The Labute approximate surface area is 154 Å². The fourth-order valence-electron chi connectivity index (χ4n) is 3.04. The fraction of sp³-hybridized carbons (Fsp3) is 0.353. The van der Waals surface area contributed by atoms with E-state index in [1.165, 1.54) is 33.1 Å². The third-order valence-electron chi connectivity index (χ3n) is 4.23. The molecule has 1 unspecified atom stereocenters. The van der Waals surface area contributed by atoms with Crippen molar-refractivity contribution in [2.24, 2.45) is 0 Å². The largest absolute Gasteiger partial charge is 0.496 e. The first kappa shape index (κ1) is 18.1.